The summed E-state index contributed by atoms with van der Waals surface area (Å²) in [5.74, 6) is 0.119. The van der Waals surface area contributed by atoms with E-state index in [4.69, 9.17) is 17.3 Å². The van der Waals surface area contributed by atoms with Crippen LogP contribution < -0.4 is 11.3 Å². The highest BCUT2D eigenvalue weighted by atomic mass is 35.5. The molecule has 5 aromatic rings. The van der Waals surface area contributed by atoms with Crippen LogP contribution in [0.1, 0.15) is 36.8 Å². The van der Waals surface area contributed by atoms with Gasteiger partial charge in [-0.15, -0.1) is 5.10 Å². The van der Waals surface area contributed by atoms with E-state index in [2.05, 4.69) is 35.5 Å². The minimum atomic E-state index is -0.656. The molecule has 1 aliphatic heterocycles. The number of imidazole rings is 1. The fraction of sp³-hybridized carbons (Fsp3) is 0.174. The van der Waals surface area contributed by atoms with E-state index >= 15 is 4.39 Å². The molecule has 0 spiro atoms. The zero-order chi connectivity index (χ0) is 25.0. The number of tetrazole rings is 1. The average molecular weight is 505 g/mol. The summed E-state index contributed by atoms with van der Waals surface area (Å²) in [6.45, 7) is 2.01. The van der Waals surface area contributed by atoms with Gasteiger partial charge < -0.3 is 15.3 Å². The molecule has 0 saturated carbocycles. The van der Waals surface area contributed by atoms with Gasteiger partial charge in [0.1, 0.15) is 12.2 Å². The van der Waals surface area contributed by atoms with Crippen LogP contribution in [0, 0.1) is 5.82 Å². The van der Waals surface area contributed by atoms with Gasteiger partial charge in [0.25, 0.3) is 5.56 Å². The lowest BCUT2D eigenvalue weighted by Crippen LogP contribution is -2.24. The zero-order valence-electron chi connectivity index (χ0n) is 18.8. The van der Waals surface area contributed by atoms with E-state index in [9.17, 15) is 4.79 Å². The highest BCUT2D eigenvalue weighted by Crippen LogP contribution is 2.40. The standard InChI is InChI=1S/C23H18ClFN10O/c1-11-6-18(22-28-9-15(30-22)14-4-5-27-23(26)31-14)35-17(11)7-12(8-19(35)36)20-16(34-10-29-32-33-34)3-2-13(24)21(20)25/h2-5,7-11,18H,6H2,1H3,(H,28,30)(H2,26,27,31)/t11-,18-/m0/s1. The second kappa shape index (κ2) is 8.34. The number of nitrogen functional groups attached to an aromatic ring is 1. The maximum atomic E-state index is 15.3. The first-order valence-electron chi connectivity index (χ1n) is 11.0. The molecule has 3 N–H and O–H groups in total. The van der Waals surface area contributed by atoms with Gasteiger partial charge in [0, 0.05) is 23.5 Å². The van der Waals surface area contributed by atoms with Crippen LogP contribution >= 0.6 is 11.6 Å². The third-order valence-electron chi connectivity index (χ3n) is 6.31. The fourth-order valence-corrected chi connectivity index (χ4v) is 4.85. The number of hydrogen-bond acceptors (Lipinski definition) is 8. The van der Waals surface area contributed by atoms with Gasteiger partial charge in [-0.25, -0.2) is 19.3 Å². The smallest absolute Gasteiger partial charge is 0.252 e. The van der Waals surface area contributed by atoms with Crippen LogP contribution in [0.4, 0.5) is 10.3 Å². The Morgan fingerprint density at radius 1 is 1.22 bits per heavy atom. The normalized spacial score (nSPS) is 16.9. The van der Waals surface area contributed by atoms with Gasteiger partial charge in [-0.1, -0.05) is 18.5 Å². The molecule has 13 heteroatoms. The Bertz CT molecular complexity index is 1660. The van der Waals surface area contributed by atoms with Crippen molar-refractivity contribution in [3.63, 3.8) is 0 Å². The summed E-state index contributed by atoms with van der Waals surface area (Å²) < 4.78 is 18.3. The highest BCUT2D eigenvalue weighted by Gasteiger charge is 2.33. The summed E-state index contributed by atoms with van der Waals surface area (Å²) in [5, 5.41) is 11.1. The van der Waals surface area contributed by atoms with Crippen molar-refractivity contribution in [3.05, 3.63) is 81.8 Å². The molecular weight excluding hydrogens is 487 g/mol. The van der Waals surface area contributed by atoms with Crippen molar-refractivity contribution in [2.75, 3.05) is 5.73 Å². The van der Waals surface area contributed by atoms with Crippen LogP contribution in [0.2, 0.25) is 5.02 Å². The summed E-state index contributed by atoms with van der Waals surface area (Å²) in [6, 6.07) is 7.64. The van der Waals surface area contributed by atoms with Gasteiger partial charge >= 0.3 is 0 Å². The second-order valence-corrected chi connectivity index (χ2v) is 8.93. The Kier molecular flexibility index (Phi) is 5.11. The zero-order valence-corrected chi connectivity index (χ0v) is 19.6. The van der Waals surface area contributed by atoms with E-state index in [1.165, 1.54) is 23.1 Å². The van der Waals surface area contributed by atoms with Gasteiger partial charge in [0.05, 0.1) is 34.3 Å². The number of nitrogens with one attached hydrogen (secondary N) is 1. The van der Waals surface area contributed by atoms with E-state index in [1.54, 1.807) is 29.1 Å². The number of anilines is 1. The molecular formula is C23H18ClFN10O. The van der Waals surface area contributed by atoms with E-state index in [0.29, 0.717) is 34.9 Å². The molecule has 4 aromatic heterocycles. The van der Waals surface area contributed by atoms with E-state index < -0.39 is 5.82 Å². The molecule has 5 heterocycles. The largest absolute Gasteiger partial charge is 0.368 e. The van der Waals surface area contributed by atoms with Crippen LogP contribution in [-0.2, 0) is 0 Å². The van der Waals surface area contributed by atoms with Crippen LogP contribution in [-0.4, -0.2) is 44.7 Å². The Labute approximate surface area is 207 Å². The monoisotopic (exact) mass is 504 g/mol. The van der Waals surface area contributed by atoms with Crippen molar-refractivity contribution in [3.8, 4) is 28.2 Å². The lowest BCUT2D eigenvalue weighted by Gasteiger charge is -2.15. The minimum Gasteiger partial charge on any atom is -0.368 e. The third kappa shape index (κ3) is 3.53. The number of nitrogens with two attached hydrogens (primary N) is 1. The first-order valence-corrected chi connectivity index (χ1v) is 11.4. The quantitative estimate of drug-likeness (QED) is 0.379. The molecule has 0 radical (unpaired) electrons. The summed E-state index contributed by atoms with van der Waals surface area (Å²) in [6.07, 6.45) is 5.20. The molecule has 0 bridgehead atoms. The maximum Gasteiger partial charge on any atom is 0.252 e. The molecule has 180 valence electrons. The summed E-state index contributed by atoms with van der Waals surface area (Å²) in [4.78, 5) is 29.3. The lowest BCUT2D eigenvalue weighted by molar-refractivity contribution is 0.557. The number of benzene rings is 1. The SMILES string of the molecule is C[C@H]1C[C@@H](c2ncc(-c3ccnc(N)n3)[nH]2)n2c1cc(-c1c(-n3cnnn3)ccc(Cl)c1F)cc2=O. The molecule has 1 aliphatic rings. The molecule has 0 amide bonds. The predicted octanol–water partition coefficient (Wildman–Crippen LogP) is 3.14. The van der Waals surface area contributed by atoms with E-state index in [1.807, 2.05) is 13.0 Å². The number of aromatic nitrogens is 9. The van der Waals surface area contributed by atoms with Crippen LogP contribution in [0.25, 0.3) is 28.2 Å². The minimum absolute atomic E-state index is 0.00428. The first-order chi connectivity index (χ1) is 17.4. The number of halogens is 2. The van der Waals surface area contributed by atoms with Crippen molar-refractivity contribution in [2.24, 2.45) is 0 Å². The van der Waals surface area contributed by atoms with E-state index in [0.717, 1.165) is 5.69 Å². The van der Waals surface area contributed by atoms with Crippen molar-refractivity contribution in [1.29, 1.82) is 0 Å². The molecule has 2 atom stereocenters. The van der Waals surface area contributed by atoms with Gasteiger partial charge in [-0.05, 0) is 52.6 Å². The molecule has 11 nitrogen and oxygen atoms in total. The summed E-state index contributed by atoms with van der Waals surface area (Å²) in [5.41, 5.74) is 8.34. The number of rotatable bonds is 4. The van der Waals surface area contributed by atoms with E-state index in [-0.39, 0.29) is 34.1 Å². The van der Waals surface area contributed by atoms with Crippen molar-refractivity contribution in [1.82, 2.24) is 44.7 Å². The number of fused-ring (bicyclic) bond motifs is 1. The van der Waals surface area contributed by atoms with Crippen molar-refractivity contribution in [2.45, 2.75) is 25.3 Å². The van der Waals surface area contributed by atoms with Gasteiger partial charge in [-0.3, -0.25) is 4.79 Å². The highest BCUT2D eigenvalue weighted by molar-refractivity contribution is 6.31. The molecule has 0 aliphatic carbocycles. The maximum absolute atomic E-state index is 15.3. The molecule has 0 unspecified atom stereocenters. The first kappa shape index (κ1) is 22.0. The third-order valence-corrected chi connectivity index (χ3v) is 6.60. The van der Waals surface area contributed by atoms with Crippen molar-refractivity contribution >= 4 is 17.5 Å². The molecule has 36 heavy (non-hydrogen) atoms. The Morgan fingerprint density at radius 2 is 2.08 bits per heavy atom. The number of H-pyrrole nitrogens is 1. The lowest BCUT2D eigenvalue weighted by atomic mass is 9.99. The molecule has 1 aromatic carbocycles. The van der Waals surface area contributed by atoms with Crippen LogP contribution in [0.5, 0.6) is 0 Å². The van der Waals surface area contributed by atoms with Gasteiger partial charge in [0.15, 0.2) is 5.82 Å². The number of pyridine rings is 1. The van der Waals surface area contributed by atoms with Crippen LogP contribution in [0.15, 0.2) is 53.8 Å². The molecule has 0 fully saturated rings. The Balaban J connectivity index is 1.45. The molecule has 0 saturated heterocycles. The molecule has 6 rings (SSSR count). The predicted molar refractivity (Wildman–Crippen MR) is 129 cm³/mol. The van der Waals surface area contributed by atoms with Crippen molar-refractivity contribution < 1.29 is 4.39 Å². The average Bonchev–Trinajstić information content (AvgIpc) is 3.61. The topological polar surface area (TPSA) is 146 Å². The van der Waals surface area contributed by atoms with Crippen LogP contribution in [0.3, 0.4) is 0 Å². The second-order valence-electron chi connectivity index (χ2n) is 8.52. The van der Waals surface area contributed by atoms with Gasteiger partial charge in [-0.2, -0.15) is 4.68 Å². The van der Waals surface area contributed by atoms with Gasteiger partial charge in [0.2, 0.25) is 5.95 Å². The Hall–Kier alpha value is -4.45. The number of hydrogen-bond donors (Lipinski definition) is 2. The summed E-state index contributed by atoms with van der Waals surface area (Å²) >= 11 is 6.10. The fourth-order valence-electron chi connectivity index (χ4n) is 4.69. The Morgan fingerprint density at radius 3 is 2.86 bits per heavy atom. The summed E-state index contributed by atoms with van der Waals surface area (Å²) in [7, 11) is 0. The number of nitrogens with zero attached hydrogens (tertiary/aromatic N) is 8. The number of aromatic amines is 1.